The maximum Gasteiger partial charge on any atom is 0.189 e. The highest BCUT2D eigenvalue weighted by Gasteiger charge is 2.10. The second-order valence-corrected chi connectivity index (χ2v) is 7.40. The highest BCUT2D eigenvalue weighted by molar-refractivity contribution is 7.92. The normalized spacial score (nSPS) is 13.1. The van der Waals surface area contributed by atoms with Crippen molar-refractivity contribution in [1.29, 1.82) is 0 Å². The molecule has 17 heavy (non-hydrogen) atoms. The van der Waals surface area contributed by atoms with Gasteiger partial charge in [-0.2, -0.15) is 0 Å². The molecule has 1 aromatic rings. The average Bonchev–Trinajstić information content (AvgIpc) is 2.61. The minimum absolute atomic E-state index is 0.230. The third-order valence-corrected chi connectivity index (χ3v) is 4.73. The summed E-state index contributed by atoms with van der Waals surface area (Å²) >= 11 is 1.22. The van der Waals surface area contributed by atoms with E-state index in [1.54, 1.807) is 12.1 Å². The molecule has 0 fully saturated rings. The molecule has 0 amide bonds. The van der Waals surface area contributed by atoms with Gasteiger partial charge in [-0.25, -0.2) is 13.4 Å². The third kappa shape index (κ3) is 4.74. The lowest BCUT2D eigenvalue weighted by atomic mass is 10.4. The minimum atomic E-state index is -3.12. The van der Waals surface area contributed by atoms with E-state index < -0.39 is 9.84 Å². The molecule has 0 aromatic carbocycles. The van der Waals surface area contributed by atoms with E-state index in [-0.39, 0.29) is 6.04 Å². The fourth-order valence-electron chi connectivity index (χ4n) is 1.15. The summed E-state index contributed by atoms with van der Waals surface area (Å²) < 4.78 is 22.9. The van der Waals surface area contributed by atoms with Gasteiger partial charge in [0.05, 0.1) is 6.54 Å². The van der Waals surface area contributed by atoms with Crippen molar-refractivity contribution in [2.75, 3.05) is 6.26 Å². The largest absolute Gasteiger partial charge is 0.370 e. The Morgan fingerprint density at radius 2 is 2.18 bits per heavy atom. The zero-order valence-electron chi connectivity index (χ0n) is 10.1. The summed E-state index contributed by atoms with van der Waals surface area (Å²) in [5.41, 5.74) is 5.64. The van der Waals surface area contributed by atoms with Crippen LogP contribution in [0.2, 0.25) is 0 Å². The van der Waals surface area contributed by atoms with Crippen LogP contribution in [-0.4, -0.2) is 26.7 Å². The van der Waals surface area contributed by atoms with Gasteiger partial charge in [0.25, 0.3) is 0 Å². The number of nitrogens with one attached hydrogen (secondary N) is 1. The van der Waals surface area contributed by atoms with Crippen molar-refractivity contribution in [3.63, 3.8) is 0 Å². The molecule has 1 rings (SSSR count). The highest BCUT2D eigenvalue weighted by atomic mass is 32.2. The van der Waals surface area contributed by atoms with Crippen LogP contribution in [0.25, 0.3) is 0 Å². The quantitative estimate of drug-likeness (QED) is 0.633. The number of nitrogens with zero attached hydrogens (tertiary/aromatic N) is 1. The summed E-state index contributed by atoms with van der Waals surface area (Å²) in [5, 5.41) is 2.96. The molecule has 7 heteroatoms. The first-order valence-corrected chi connectivity index (χ1v) is 7.85. The summed E-state index contributed by atoms with van der Waals surface area (Å²) in [7, 11) is -3.12. The predicted molar refractivity (Wildman–Crippen MR) is 71.0 cm³/mol. The Morgan fingerprint density at radius 3 is 2.65 bits per heavy atom. The number of guanidine groups is 1. The second kappa shape index (κ2) is 5.50. The lowest BCUT2D eigenvalue weighted by Gasteiger charge is -2.07. The third-order valence-electron chi connectivity index (χ3n) is 1.84. The van der Waals surface area contributed by atoms with E-state index in [4.69, 9.17) is 5.73 Å². The van der Waals surface area contributed by atoms with E-state index in [9.17, 15) is 8.42 Å². The number of thiophene rings is 1. The molecule has 0 aliphatic heterocycles. The number of nitrogens with two attached hydrogens (primary N) is 1. The van der Waals surface area contributed by atoms with Crippen LogP contribution in [0.1, 0.15) is 18.7 Å². The smallest absolute Gasteiger partial charge is 0.189 e. The Bertz CT molecular complexity index is 503. The second-order valence-electron chi connectivity index (χ2n) is 3.99. The van der Waals surface area contributed by atoms with Crippen molar-refractivity contribution >= 4 is 27.1 Å². The summed E-state index contributed by atoms with van der Waals surface area (Å²) in [4.78, 5) is 5.00. The average molecular weight is 275 g/mol. The van der Waals surface area contributed by atoms with E-state index in [0.29, 0.717) is 16.7 Å². The lowest BCUT2D eigenvalue weighted by Crippen LogP contribution is -2.36. The van der Waals surface area contributed by atoms with Crippen molar-refractivity contribution < 1.29 is 8.42 Å². The maximum absolute atomic E-state index is 11.3. The van der Waals surface area contributed by atoms with Crippen LogP contribution in [0.4, 0.5) is 0 Å². The monoisotopic (exact) mass is 275 g/mol. The van der Waals surface area contributed by atoms with E-state index in [1.165, 1.54) is 17.6 Å². The lowest BCUT2D eigenvalue weighted by molar-refractivity contribution is 0.604. The van der Waals surface area contributed by atoms with Crippen molar-refractivity contribution in [2.45, 2.75) is 30.6 Å². The fourth-order valence-corrected chi connectivity index (χ4v) is 3.05. The van der Waals surface area contributed by atoms with Crippen molar-refractivity contribution in [1.82, 2.24) is 5.32 Å². The molecule has 1 heterocycles. The first-order chi connectivity index (χ1) is 7.79. The molecule has 0 aliphatic rings. The molecule has 0 radical (unpaired) electrons. The van der Waals surface area contributed by atoms with Crippen molar-refractivity contribution in [3.05, 3.63) is 17.0 Å². The molecule has 0 saturated carbocycles. The first kappa shape index (κ1) is 14.0. The molecular formula is C10H17N3O2S2. The summed E-state index contributed by atoms with van der Waals surface area (Å²) in [6.07, 6.45) is 1.20. The van der Waals surface area contributed by atoms with Crippen molar-refractivity contribution in [2.24, 2.45) is 10.7 Å². The van der Waals surface area contributed by atoms with Gasteiger partial charge in [-0.05, 0) is 26.0 Å². The van der Waals surface area contributed by atoms with Gasteiger partial charge in [0.15, 0.2) is 15.8 Å². The Hall–Kier alpha value is -1.08. The molecule has 0 bridgehead atoms. The molecule has 1 aromatic heterocycles. The molecule has 0 atom stereocenters. The SMILES string of the molecule is CC(C)NC(N)=NCc1ccc(S(C)(=O)=O)s1. The van der Waals surface area contributed by atoms with Gasteiger partial charge in [-0.1, -0.05) is 0 Å². The van der Waals surface area contributed by atoms with E-state index in [0.717, 1.165) is 4.88 Å². The van der Waals surface area contributed by atoms with Crippen LogP contribution in [0.5, 0.6) is 0 Å². The molecule has 0 aliphatic carbocycles. The van der Waals surface area contributed by atoms with Gasteiger partial charge < -0.3 is 11.1 Å². The number of sulfone groups is 1. The molecular weight excluding hydrogens is 258 g/mol. The van der Waals surface area contributed by atoms with E-state index in [2.05, 4.69) is 10.3 Å². The first-order valence-electron chi connectivity index (χ1n) is 5.14. The Balaban J connectivity index is 2.68. The molecule has 0 spiro atoms. The Labute approximate surface area is 106 Å². The molecule has 0 unspecified atom stereocenters. The van der Waals surface area contributed by atoms with Crippen LogP contribution < -0.4 is 11.1 Å². The summed E-state index contributed by atoms with van der Waals surface area (Å²) in [6, 6.07) is 3.58. The van der Waals surface area contributed by atoms with Crippen molar-refractivity contribution in [3.8, 4) is 0 Å². The van der Waals surface area contributed by atoms with Gasteiger partial charge in [-0.15, -0.1) is 11.3 Å². The van der Waals surface area contributed by atoms with Crippen LogP contribution in [0.15, 0.2) is 21.3 Å². The van der Waals surface area contributed by atoms with Crippen LogP contribution in [0.3, 0.4) is 0 Å². The summed E-state index contributed by atoms with van der Waals surface area (Å²) in [5.74, 6) is 0.370. The number of hydrogen-bond acceptors (Lipinski definition) is 4. The standard InChI is InChI=1S/C10H17N3O2S2/c1-7(2)13-10(11)12-6-8-4-5-9(16-8)17(3,14)15/h4-5,7H,6H2,1-3H3,(H3,11,12,13). The Kier molecular flexibility index (Phi) is 4.53. The minimum Gasteiger partial charge on any atom is -0.370 e. The van der Waals surface area contributed by atoms with Gasteiger partial charge in [0.1, 0.15) is 4.21 Å². The van der Waals surface area contributed by atoms with Crippen LogP contribution in [-0.2, 0) is 16.4 Å². The Morgan fingerprint density at radius 1 is 1.53 bits per heavy atom. The number of rotatable bonds is 4. The molecule has 5 nitrogen and oxygen atoms in total. The topological polar surface area (TPSA) is 84.5 Å². The zero-order chi connectivity index (χ0) is 13.1. The van der Waals surface area contributed by atoms with Gasteiger partial charge >= 0.3 is 0 Å². The van der Waals surface area contributed by atoms with Gasteiger partial charge in [0.2, 0.25) is 0 Å². The van der Waals surface area contributed by atoms with E-state index in [1.807, 2.05) is 13.8 Å². The summed E-state index contributed by atoms with van der Waals surface area (Å²) in [6.45, 7) is 4.33. The molecule has 0 saturated heterocycles. The molecule has 3 N–H and O–H groups in total. The van der Waals surface area contributed by atoms with Gasteiger partial charge in [-0.3, -0.25) is 0 Å². The number of aliphatic imine (C=N–C) groups is 1. The highest BCUT2D eigenvalue weighted by Crippen LogP contribution is 2.21. The van der Waals surface area contributed by atoms with E-state index >= 15 is 0 Å². The van der Waals surface area contributed by atoms with Crippen LogP contribution >= 0.6 is 11.3 Å². The number of hydrogen-bond donors (Lipinski definition) is 2. The molecule has 96 valence electrons. The van der Waals surface area contributed by atoms with Gasteiger partial charge in [0, 0.05) is 17.2 Å². The zero-order valence-corrected chi connectivity index (χ0v) is 11.7. The predicted octanol–water partition coefficient (Wildman–Crippen LogP) is 0.964. The maximum atomic E-state index is 11.3. The fraction of sp³-hybridized carbons (Fsp3) is 0.500. The van der Waals surface area contributed by atoms with Crippen LogP contribution in [0, 0.1) is 0 Å².